The molecule has 0 N–H and O–H groups in total. The Kier molecular flexibility index (Phi) is 7.37. The molecule has 2 aromatic carbocycles. The number of fused-ring (bicyclic) bond motifs is 1. The topological polar surface area (TPSA) is 92.7 Å². The van der Waals surface area contributed by atoms with Crippen LogP contribution in [0.1, 0.15) is 18.4 Å². The summed E-state index contributed by atoms with van der Waals surface area (Å²) >= 11 is 1.37. The average molecular weight is 559 g/mol. The summed E-state index contributed by atoms with van der Waals surface area (Å²) in [7, 11) is -2.59. The number of amides is 1. The standard InChI is InChI=1S/C26H24F2N4O4S2/c1-36-20-5-6-22-23(14-20)37-26(30-22)32(16-17-3-2-10-29-15-17)25(33)18-8-11-31(12-9-18)38(34,35)24-7-4-19(27)13-21(24)28/h2-7,10,13-15,18H,8-9,11-12,16H2,1H3. The van der Waals surface area contributed by atoms with E-state index in [4.69, 9.17) is 4.74 Å². The van der Waals surface area contributed by atoms with Gasteiger partial charge in [0.05, 0.1) is 23.9 Å². The van der Waals surface area contributed by atoms with Gasteiger partial charge in [-0.25, -0.2) is 22.2 Å². The Bertz CT molecular complexity index is 1570. The summed E-state index contributed by atoms with van der Waals surface area (Å²) in [5, 5.41) is 0.519. The molecule has 12 heteroatoms. The van der Waals surface area contributed by atoms with E-state index in [2.05, 4.69) is 9.97 Å². The molecule has 1 amide bonds. The van der Waals surface area contributed by atoms with Gasteiger partial charge in [-0.15, -0.1) is 0 Å². The first-order chi connectivity index (χ1) is 18.3. The van der Waals surface area contributed by atoms with Gasteiger partial charge in [0.15, 0.2) is 5.13 Å². The smallest absolute Gasteiger partial charge is 0.245 e. The molecule has 198 valence electrons. The molecular formula is C26H24F2N4O4S2. The Hall–Kier alpha value is -3.48. The number of ether oxygens (including phenoxy) is 1. The molecule has 38 heavy (non-hydrogen) atoms. The zero-order valence-electron chi connectivity index (χ0n) is 20.4. The Morgan fingerprint density at radius 1 is 1.16 bits per heavy atom. The highest BCUT2D eigenvalue weighted by molar-refractivity contribution is 7.89. The average Bonchev–Trinajstić information content (AvgIpc) is 3.35. The van der Waals surface area contributed by atoms with E-state index in [0.29, 0.717) is 16.9 Å². The fraction of sp³-hybridized carbons (Fsp3) is 0.269. The summed E-state index contributed by atoms with van der Waals surface area (Å²) in [6.07, 6.45) is 3.84. The van der Waals surface area contributed by atoms with Gasteiger partial charge in [0.1, 0.15) is 22.3 Å². The second kappa shape index (κ2) is 10.7. The number of nitrogens with zero attached hydrogens (tertiary/aromatic N) is 4. The molecule has 0 unspecified atom stereocenters. The van der Waals surface area contributed by atoms with Crippen molar-refractivity contribution in [3.8, 4) is 5.75 Å². The first-order valence-electron chi connectivity index (χ1n) is 11.9. The number of pyridine rings is 1. The van der Waals surface area contributed by atoms with Crippen LogP contribution in [0.2, 0.25) is 0 Å². The number of hydrogen-bond acceptors (Lipinski definition) is 7. The highest BCUT2D eigenvalue weighted by Crippen LogP contribution is 2.34. The van der Waals surface area contributed by atoms with Crippen LogP contribution in [0, 0.1) is 17.6 Å². The van der Waals surface area contributed by atoms with Crippen LogP contribution in [-0.2, 0) is 21.4 Å². The molecule has 1 fully saturated rings. The van der Waals surface area contributed by atoms with Gasteiger partial charge < -0.3 is 4.74 Å². The number of benzene rings is 2. The maximum atomic E-state index is 14.2. The predicted octanol–water partition coefficient (Wildman–Crippen LogP) is 4.61. The van der Waals surface area contributed by atoms with Gasteiger partial charge in [-0.2, -0.15) is 4.31 Å². The van der Waals surface area contributed by atoms with Crippen LogP contribution in [0.25, 0.3) is 10.2 Å². The third kappa shape index (κ3) is 5.24. The molecule has 1 aliphatic rings. The van der Waals surface area contributed by atoms with Gasteiger partial charge in [0.25, 0.3) is 0 Å². The van der Waals surface area contributed by atoms with E-state index in [-0.39, 0.29) is 38.4 Å². The molecule has 4 aromatic rings. The first kappa shape index (κ1) is 26.1. The van der Waals surface area contributed by atoms with Crippen LogP contribution in [0.3, 0.4) is 0 Å². The van der Waals surface area contributed by atoms with Crippen LogP contribution in [0.5, 0.6) is 5.75 Å². The lowest BCUT2D eigenvalue weighted by atomic mass is 9.96. The van der Waals surface area contributed by atoms with Crippen LogP contribution in [0.4, 0.5) is 13.9 Å². The summed E-state index contributed by atoms with van der Waals surface area (Å²) in [5.41, 5.74) is 1.56. The lowest BCUT2D eigenvalue weighted by Gasteiger charge is -2.33. The zero-order valence-corrected chi connectivity index (χ0v) is 22.0. The van der Waals surface area contributed by atoms with E-state index in [9.17, 15) is 22.0 Å². The van der Waals surface area contributed by atoms with Crippen molar-refractivity contribution in [3.05, 3.63) is 78.1 Å². The summed E-state index contributed by atoms with van der Waals surface area (Å²) in [5.74, 6) is -1.95. The van der Waals surface area contributed by atoms with Crippen molar-refractivity contribution in [2.24, 2.45) is 5.92 Å². The molecule has 8 nitrogen and oxygen atoms in total. The van der Waals surface area contributed by atoms with Gasteiger partial charge >= 0.3 is 0 Å². The molecule has 0 radical (unpaired) electrons. The summed E-state index contributed by atoms with van der Waals surface area (Å²) in [6.45, 7) is 0.323. The molecule has 0 atom stereocenters. The number of rotatable bonds is 7. The molecule has 1 saturated heterocycles. The number of aromatic nitrogens is 2. The third-order valence-electron chi connectivity index (χ3n) is 6.46. The highest BCUT2D eigenvalue weighted by Gasteiger charge is 2.36. The summed E-state index contributed by atoms with van der Waals surface area (Å²) in [4.78, 5) is 23.7. The van der Waals surface area contributed by atoms with Crippen molar-refractivity contribution >= 4 is 42.6 Å². The number of carbonyl (C=O) groups excluding carboxylic acids is 1. The molecule has 0 saturated carbocycles. The lowest BCUT2D eigenvalue weighted by Crippen LogP contribution is -2.44. The zero-order chi connectivity index (χ0) is 26.9. The fourth-order valence-electron chi connectivity index (χ4n) is 4.44. The maximum absolute atomic E-state index is 14.2. The molecule has 5 rings (SSSR count). The van der Waals surface area contributed by atoms with Gasteiger partial charge in [-0.05, 0) is 54.8 Å². The van der Waals surface area contributed by atoms with Crippen molar-refractivity contribution in [1.82, 2.24) is 14.3 Å². The first-order valence-corrected chi connectivity index (χ1v) is 14.1. The normalized spacial score (nSPS) is 15.0. The van der Waals surface area contributed by atoms with E-state index < -0.39 is 32.5 Å². The molecular weight excluding hydrogens is 534 g/mol. The van der Waals surface area contributed by atoms with Gasteiger partial charge in [-0.1, -0.05) is 17.4 Å². The minimum absolute atomic E-state index is 0.0351. The van der Waals surface area contributed by atoms with Gasteiger partial charge in [0, 0.05) is 37.5 Å². The Balaban J connectivity index is 1.38. The van der Waals surface area contributed by atoms with E-state index in [1.165, 1.54) is 11.3 Å². The number of carbonyl (C=O) groups is 1. The summed E-state index contributed by atoms with van der Waals surface area (Å²) in [6, 6.07) is 11.5. The van der Waals surface area contributed by atoms with Crippen LogP contribution in [0.15, 0.2) is 65.8 Å². The Labute approximate surface area is 222 Å². The highest BCUT2D eigenvalue weighted by atomic mass is 32.2. The van der Waals surface area contributed by atoms with Crippen molar-refractivity contribution in [3.63, 3.8) is 0 Å². The van der Waals surface area contributed by atoms with Crippen LogP contribution >= 0.6 is 11.3 Å². The monoisotopic (exact) mass is 558 g/mol. The van der Waals surface area contributed by atoms with Gasteiger partial charge in [0.2, 0.25) is 15.9 Å². The molecule has 0 aliphatic carbocycles. The van der Waals surface area contributed by atoms with E-state index in [1.807, 2.05) is 18.2 Å². The molecule has 0 spiro atoms. The number of sulfonamides is 1. The Morgan fingerprint density at radius 3 is 2.63 bits per heavy atom. The van der Waals surface area contributed by atoms with Crippen molar-refractivity contribution in [2.75, 3.05) is 25.1 Å². The van der Waals surface area contributed by atoms with Crippen molar-refractivity contribution in [2.45, 2.75) is 24.3 Å². The summed E-state index contributed by atoms with van der Waals surface area (Å²) < 4.78 is 60.8. The van der Waals surface area contributed by atoms with Crippen LogP contribution < -0.4 is 9.64 Å². The second-order valence-corrected chi connectivity index (χ2v) is 11.8. The second-order valence-electron chi connectivity index (χ2n) is 8.87. The predicted molar refractivity (Wildman–Crippen MR) is 139 cm³/mol. The van der Waals surface area contributed by atoms with E-state index in [0.717, 1.165) is 32.2 Å². The number of methoxy groups -OCH3 is 1. The third-order valence-corrected chi connectivity index (χ3v) is 9.43. The van der Waals surface area contributed by atoms with E-state index in [1.54, 1.807) is 36.5 Å². The number of thiazole rings is 1. The largest absolute Gasteiger partial charge is 0.497 e. The molecule has 0 bridgehead atoms. The number of anilines is 1. The van der Waals surface area contributed by atoms with Crippen molar-refractivity contribution in [1.29, 1.82) is 0 Å². The minimum Gasteiger partial charge on any atom is -0.497 e. The lowest BCUT2D eigenvalue weighted by molar-refractivity contribution is -0.123. The Morgan fingerprint density at radius 2 is 1.95 bits per heavy atom. The quantitative estimate of drug-likeness (QED) is 0.329. The van der Waals surface area contributed by atoms with E-state index >= 15 is 0 Å². The number of piperidine rings is 1. The van der Waals surface area contributed by atoms with Crippen LogP contribution in [-0.4, -0.2) is 48.8 Å². The molecule has 1 aliphatic heterocycles. The van der Waals surface area contributed by atoms with Crippen molar-refractivity contribution < 1.29 is 26.7 Å². The molecule has 2 aromatic heterocycles. The minimum atomic E-state index is -4.17. The van der Waals surface area contributed by atoms with Gasteiger partial charge in [-0.3, -0.25) is 14.7 Å². The fourth-order valence-corrected chi connectivity index (χ4v) is 6.95. The number of hydrogen-bond donors (Lipinski definition) is 0. The maximum Gasteiger partial charge on any atom is 0.245 e. The molecule has 3 heterocycles. The number of halogens is 2. The SMILES string of the molecule is COc1ccc2nc(N(Cc3cccnc3)C(=O)C3CCN(S(=O)(=O)c4ccc(F)cc4F)CC3)sc2c1.